The number of carbonyl (C=O) groups excluding carboxylic acids is 1. The van der Waals surface area contributed by atoms with Crippen molar-refractivity contribution < 1.29 is 4.79 Å². The molecule has 0 radical (unpaired) electrons. The fraction of sp³-hybridized carbons (Fsp3) is 0.129. The van der Waals surface area contributed by atoms with Crippen molar-refractivity contribution in [2.24, 2.45) is 0 Å². The molecule has 0 bridgehead atoms. The fourth-order valence-corrected chi connectivity index (χ4v) is 4.82. The standard InChI is InChI=1S/C31H26Cl2N4O2/c1-2-5-29-36-28-15-14-26(35-31(39)34-25-9-4-8-24(33)17-25)18-27(28)30(38)37(29)19-20-10-12-21(13-11-20)22-6-3-7-23(32)16-22/h3-4,6-18H,2,5,19H2,1H3,(H2,34,35,39). The number of rotatable bonds is 7. The monoisotopic (exact) mass is 556 g/mol. The highest BCUT2D eigenvalue weighted by Gasteiger charge is 2.13. The normalized spacial score (nSPS) is 10.9. The van der Waals surface area contributed by atoms with Crippen molar-refractivity contribution >= 4 is 51.5 Å². The number of nitrogens with one attached hydrogen (secondary N) is 2. The zero-order valence-corrected chi connectivity index (χ0v) is 22.8. The van der Waals surface area contributed by atoms with E-state index in [0.29, 0.717) is 45.3 Å². The largest absolute Gasteiger partial charge is 0.323 e. The molecule has 196 valence electrons. The van der Waals surface area contributed by atoms with Crippen molar-refractivity contribution in [1.29, 1.82) is 0 Å². The third-order valence-corrected chi connectivity index (χ3v) is 6.77. The molecule has 0 spiro atoms. The number of hydrogen-bond donors (Lipinski definition) is 2. The van der Waals surface area contributed by atoms with E-state index in [-0.39, 0.29) is 5.56 Å². The molecule has 0 aliphatic carbocycles. The van der Waals surface area contributed by atoms with E-state index in [2.05, 4.69) is 17.6 Å². The summed E-state index contributed by atoms with van der Waals surface area (Å²) in [5, 5.41) is 7.17. The van der Waals surface area contributed by atoms with Gasteiger partial charge in [-0.15, -0.1) is 0 Å². The number of aryl methyl sites for hydroxylation is 1. The SMILES string of the molecule is CCCc1nc2ccc(NC(=O)Nc3cccc(Cl)c3)cc2c(=O)n1Cc1ccc(-c2cccc(Cl)c2)cc1. The van der Waals surface area contributed by atoms with E-state index in [9.17, 15) is 9.59 Å². The molecule has 1 heterocycles. The molecule has 39 heavy (non-hydrogen) atoms. The van der Waals surface area contributed by atoms with Crippen LogP contribution in [0.3, 0.4) is 0 Å². The maximum absolute atomic E-state index is 13.7. The van der Waals surface area contributed by atoms with Crippen LogP contribution in [-0.2, 0) is 13.0 Å². The van der Waals surface area contributed by atoms with E-state index in [1.165, 1.54) is 0 Å². The molecule has 6 nitrogen and oxygen atoms in total. The molecule has 1 aromatic heterocycles. The summed E-state index contributed by atoms with van der Waals surface area (Å²) < 4.78 is 1.72. The number of hydrogen-bond acceptors (Lipinski definition) is 3. The van der Waals surface area contributed by atoms with Gasteiger partial charge in [0.1, 0.15) is 5.82 Å². The van der Waals surface area contributed by atoms with Gasteiger partial charge in [-0.05, 0) is 71.6 Å². The van der Waals surface area contributed by atoms with Gasteiger partial charge in [0.25, 0.3) is 5.56 Å². The van der Waals surface area contributed by atoms with Gasteiger partial charge in [-0.25, -0.2) is 9.78 Å². The Bertz CT molecular complexity index is 1720. The molecule has 0 saturated carbocycles. The second-order valence-electron chi connectivity index (χ2n) is 9.20. The smallest absolute Gasteiger partial charge is 0.308 e. The van der Waals surface area contributed by atoms with Crippen LogP contribution in [0, 0.1) is 0 Å². The van der Waals surface area contributed by atoms with Crippen molar-refractivity contribution in [1.82, 2.24) is 9.55 Å². The van der Waals surface area contributed by atoms with Gasteiger partial charge in [-0.1, -0.05) is 72.6 Å². The third-order valence-electron chi connectivity index (χ3n) is 6.30. The Labute approximate surface area is 236 Å². The summed E-state index contributed by atoms with van der Waals surface area (Å²) in [6.45, 7) is 2.45. The van der Waals surface area contributed by atoms with Crippen molar-refractivity contribution in [2.45, 2.75) is 26.3 Å². The van der Waals surface area contributed by atoms with Crippen LogP contribution in [0.25, 0.3) is 22.0 Å². The Morgan fingerprint density at radius 1 is 0.821 bits per heavy atom. The maximum Gasteiger partial charge on any atom is 0.323 e. The molecule has 0 fully saturated rings. The first-order valence-corrected chi connectivity index (χ1v) is 13.4. The molecule has 0 saturated heterocycles. The summed E-state index contributed by atoms with van der Waals surface area (Å²) in [5.74, 6) is 0.730. The van der Waals surface area contributed by atoms with Gasteiger partial charge in [-0.3, -0.25) is 9.36 Å². The topological polar surface area (TPSA) is 76.0 Å². The lowest BCUT2D eigenvalue weighted by molar-refractivity contribution is 0.262. The summed E-state index contributed by atoms with van der Waals surface area (Å²) in [6, 6.07) is 27.4. The second-order valence-corrected chi connectivity index (χ2v) is 10.1. The van der Waals surface area contributed by atoms with E-state index in [1.807, 2.05) is 48.5 Å². The van der Waals surface area contributed by atoms with E-state index >= 15 is 0 Å². The number of benzene rings is 4. The summed E-state index contributed by atoms with van der Waals surface area (Å²) in [6.07, 6.45) is 1.53. The lowest BCUT2D eigenvalue weighted by atomic mass is 10.0. The first kappa shape index (κ1) is 26.5. The molecule has 0 aliphatic rings. The van der Waals surface area contributed by atoms with Crippen LogP contribution in [-0.4, -0.2) is 15.6 Å². The maximum atomic E-state index is 13.7. The van der Waals surface area contributed by atoms with Gasteiger partial charge >= 0.3 is 6.03 Å². The summed E-state index contributed by atoms with van der Waals surface area (Å²) in [4.78, 5) is 31.0. The number of carbonyl (C=O) groups is 1. The zero-order chi connectivity index (χ0) is 27.4. The number of amides is 2. The molecule has 0 unspecified atom stereocenters. The number of halogens is 2. The van der Waals surface area contributed by atoms with Crippen molar-refractivity contribution in [3.05, 3.63) is 123 Å². The predicted molar refractivity (Wildman–Crippen MR) is 160 cm³/mol. The predicted octanol–water partition coefficient (Wildman–Crippen LogP) is 8.02. The Hall–Kier alpha value is -4.13. The first-order chi connectivity index (χ1) is 18.9. The third kappa shape index (κ3) is 6.30. The van der Waals surface area contributed by atoms with Gasteiger partial charge in [0.05, 0.1) is 17.4 Å². The number of aromatic nitrogens is 2. The molecule has 0 aliphatic heterocycles. The minimum absolute atomic E-state index is 0.152. The molecule has 4 aromatic carbocycles. The molecule has 2 N–H and O–H groups in total. The van der Waals surface area contributed by atoms with Crippen LogP contribution in [0.2, 0.25) is 10.0 Å². The van der Waals surface area contributed by atoms with Crippen molar-refractivity contribution in [3.63, 3.8) is 0 Å². The minimum Gasteiger partial charge on any atom is -0.308 e. The van der Waals surface area contributed by atoms with E-state index in [0.717, 1.165) is 28.9 Å². The molecule has 2 amide bonds. The lowest BCUT2D eigenvalue weighted by Crippen LogP contribution is -2.26. The zero-order valence-electron chi connectivity index (χ0n) is 21.2. The van der Waals surface area contributed by atoms with E-state index in [4.69, 9.17) is 28.2 Å². The Kier molecular flexibility index (Phi) is 7.96. The number of anilines is 2. The molecule has 5 rings (SSSR count). The van der Waals surface area contributed by atoms with Crippen LogP contribution in [0.4, 0.5) is 16.2 Å². The Morgan fingerprint density at radius 2 is 1.51 bits per heavy atom. The highest BCUT2D eigenvalue weighted by molar-refractivity contribution is 6.31. The average Bonchev–Trinajstić information content (AvgIpc) is 2.92. The molecule has 0 atom stereocenters. The van der Waals surface area contributed by atoms with Gasteiger partial charge in [0.2, 0.25) is 0 Å². The number of fused-ring (bicyclic) bond motifs is 1. The fourth-order valence-electron chi connectivity index (χ4n) is 4.44. The van der Waals surface area contributed by atoms with Crippen molar-refractivity contribution in [2.75, 3.05) is 10.6 Å². The summed E-state index contributed by atoms with van der Waals surface area (Å²) >= 11 is 12.2. The van der Waals surface area contributed by atoms with Crippen LogP contribution in [0.1, 0.15) is 24.7 Å². The summed E-state index contributed by atoms with van der Waals surface area (Å²) in [5.41, 5.74) is 4.56. The average molecular weight is 557 g/mol. The molecule has 5 aromatic rings. The number of nitrogens with zero attached hydrogens (tertiary/aromatic N) is 2. The van der Waals surface area contributed by atoms with Gasteiger partial charge in [0.15, 0.2) is 0 Å². The van der Waals surface area contributed by atoms with E-state index < -0.39 is 6.03 Å². The lowest BCUT2D eigenvalue weighted by Gasteiger charge is -2.15. The van der Waals surface area contributed by atoms with Gasteiger partial charge < -0.3 is 10.6 Å². The minimum atomic E-state index is -0.438. The summed E-state index contributed by atoms with van der Waals surface area (Å²) in [7, 11) is 0. The quantitative estimate of drug-likeness (QED) is 0.213. The van der Waals surface area contributed by atoms with Crippen LogP contribution < -0.4 is 16.2 Å². The van der Waals surface area contributed by atoms with Crippen LogP contribution in [0.5, 0.6) is 0 Å². The second kappa shape index (κ2) is 11.7. The van der Waals surface area contributed by atoms with Gasteiger partial charge in [-0.2, -0.15) is 0 Å². The number of urea groups is 1. The molecular formula is C31H26Cl2N4O2. The first-order valence-electron chi connectivity index (χ1n) is 12.6. The van der Waals surface area contributed by atoms with E-state index in [1.54, 1.807) is 47.0 Å². The highest BCUT2D eigenvalue weighted by Crippen LogP contribution is 2.24. The highest BCUT2D eigenvalue weighted by atomic mass is 35.5. The Morgan fingerprint density at radius 3 is 2.21 bits per heavy atom. The molecular weight excluding hydrogens is 531 g/mol. The van der Waals surface area contributed by atoms with Crippen LogP contribution >= 0.6 is 23.2 Å². The molecule has 8 heteroatoms. The van der Waals surface area contributed by atoms with Gasteiger partial charge in [0, 0.05) is 27.8 Å². The Balaban J connectivity index is 1.42. The van der Waals surface area contributed by atoms with Crippen molar-refractivity contribution in [3.8, 4) is 11.1 Å². The van der Waals surface area contributed by atoms with Crippen LogP contribution in [0.15, 0.2) is 95.8 Å².